The number of nitrogens with zero attached hydrogens (tertiary/aromatic N) is 5. The Balaban J connectivity index is 1.57. The first-order valence-corrected chi connectivity index (χ1v) is 11.9. The monoisotopic (exact) mass is 498 g/mol. The Hall–Kier alpha value is -3.73. The van der Waals surface area contributed by atoms with Gasteiger partial charge in [-0.25, -0.2) is 18.6 Å². The summed E-state index contributed by atoms with van der Waals surface area (Å²) in [6, 6.07) is 3.84. The zero-order valence-electron chi connectivity index (χ0n) is 20.2. The molecule has 9 nitrogen and oxygen atoms in total. The van der Waals surface area contributed by atoms with E-state index in [4.69, 9.17) is 4.74 Å². The van der Waals surface area contributed by atoms with Crippen LogP contribution in [-0.4, -0.2) is 78.0 Å². The third-order valence-electron chi connectivity index (χ3n) is 6.76. The highest BCUT2D eigenvalue weighted by Gasteiger charge is 2.30. The molecule has 1 unspecified atom stereocenters. The van der Waals surface area contributed by atoms with Crippen LogP contribution in [0, 0.1) is 18.6 Å². The van der Waals surface area contributed by atoms with Gasteiger partial charge in [0.25, 0.3) is 0 Å². The Morgan fingerprint density at radius 2 is 1.92 bits per heavy atom. The molecule has 0 saturated carbocycles. The van der Waals surface area contributed by atoms with E-state index in [2.05, 4.69) is 20.2 Å². The van der Waals surface area contributed by atoms with E-state index >= 15 is 4.39 Å². The molecule has 0 radical (unpaired) electrons. The molecule has 1 atom stereocenters. The highest BCUT2D eigenvalue weighted by atomic mass is 19.1. The highest BCUT2D eigenvalue weighted by Crippen LogP contribution is 2.38. The molecule has 2 aliphatic rings. The minimum absolute atomic E-state index is 0.170. The summed E-state index contributed by atoms with van der Waals surface area (Å²) in [5, 5.41) is 12.9. The minimum atomic E-state index is -0.969. The summed E-state index contributed by atoms with van der Waals surface area (Å²) in [6.07, 6.45) is 2.47. The summed E-state index contributed by atoms with van der Waals surface area (Å²) in [5.41, 5.74) is 2.92. The highest BCUT2D eigenvalue weighted by molar-refractivity contribution is 5.98. The van der Waals surface area contributed by atoms with Crippen molar-refractivity contribution in [3.63, 3.8) is 0 Å². The molecule has 0 spiro atoms. The number of rotatable bonds is 4. The lowest BCUT2D eigenvalue weighted by atomic mass is 10.1. The van der Waals surface area contributed by atoms with Crippen LogP contribution in [0.4, 0.5) is 36.5 Å². The van der Waals surface area contributed by atoms with Gasteiger partial charge in [-0.15, -0.1) is 0 Å². The molecule has 1 aromatic carbocycles. The second-order valence-corrected chi connectivity index (χ2v) is 9.14. The molecule has 4 heterocycles. The molecule has 2 saturated heterocycles. The average molecular weight is 499 g/mol. The number of pyridine rings is 2. The Bertz CT molecular complexity index is 1300. The van der Waals surface area contributed by atoms with Crippen LogP contribution >= 0.6 is 0 Å². The number of hydrogen-bond acceptors (Lipinski definition) is 7. The zero-order chi connectivity index (χ0) is 25.4. The predicted molar refractivity (Wildman–Crippen MR) is 133 cm³/mol. The molecule has 190 valence electrons. The van der Waals surface area contributed by atoms with Crippen LogP contribution in [0.1, 0.15) is 12.5 Å². The molecule has 11 heteroatoms. The summed E-state index contributed by atoms with van der Waals surface area (Å²) >= 11 is 0. The summed E-state index contributed by atoms with van der Waals surface area (Å²) < 4.78 is 34.7. The second kappa shape index (κ2) is 9.73. The first kappa shape index (κ1) is 24.0. The second-order valence-electron chi connectivity index (χ2n) is 9.14. The SMILES string of the molecule is Cc1c(N2CCN(C(=O)O)CC2C)nc2cc(F)cc(F)c2c1Nc1cncc(N2CCOCC2)c1. The third kappa shape index (κ3) is 4.58. The van der Waals surface area contributed by atoms with Crippen LogP contribution in [0.25, 0.3) is 10.9 Å². The summed E-state index contributed by atoms with van der Waals surface area (Å²) in [4.78, 5) is 26.0. The molecule has 0 aliphatic carbocycles. The quantitative estimate of drug-likeness (QED) is 0.558. The number of carbonyl (C=O) groups is 1. The van der Waals surface area contributed by atoms with E-state index in [9.17, 15) is 14.3 Å². The fraction of sp³-hybridized carbons (Fsp3) is 0.400. The number of hydrogen-bond donors (Lipinski definition) is 2. The third-order valence-corrected chi connectivity index (χ3v) is 6.76. The number of halogens is 2. The zero-order valence-corrected chi connectivity index (χ0v) is 20.2. The number of benzene rings is 1. The van der Waals surface area contributed by atoms with Crippen molar-refractivity contribution in [3.05, 3.63) is 47.8 Å². The van der Waals surface area contributed by atoms with E-state index in [1.165, 1.54) is 11.0 Å². The van der Waals surface area contributed by atoms with E-state index in [1.54, 1.807) is 12.4 Å². The van der Waals surface area contributed by atoms with Gasteiger partial charge in [-0.3, -0.25) is 4.98 Å². The van der Waals surface area contributed by atoms with E-state index < -0.39 is 17.7 Å². The van der Waals surface area contributed by atoms with Crippen molar-refractivity contribution in [3.8, 4) is 0 Å². The molecule has 36 heavy (non-hydrogen) atoms. The Labute approximate surface area is 207 Å². The first-order chi connectivity index (χ1) is 17.3. The maximum atomic E-state index is 15.1. The van der Waals surface area contributed by atoms with Gasteiger partial charge < -0.3 is 29.9 Å². The normalized spacial score (nSPS) is 18.6. The van der Waals surface area contributed by atoms with E-state index in [-0.39, 0.29) is 16.9 Å². The molecular weight excluding hydrogens is 470 g/mol. The van der Waals surface area contributed by atoms with Gasteiger partial charge in [0.15, 0.2) is 0 Å². The van der Waals surface area contributed by atoms with Crippen molar-refractivity contribution >= 4 is 39.9 Å². The van der Waals surface area contributed by atoms with E-state index in [1.807, 2.05) is 24.8 Å². The predicted octanol–water partition coefficient (Wildman–Crippen LogP) is 3.99. The first-order valence-electron chi connectivity index (χ1n) is 11.9. The van der Waals surface area contributed by atoms with Crippen molar-refractivity contribution in [1.82, 2.24) is 14.9 Å². The Morgan fingerprint density at radius 3 is 2.64 bits per heavy atom. The maximum Gasteiger partial charge on any atom is 0.407 e. The standard InChI is InChI=1S/C25H28F2N6O3/c1-15-14-32(25(34)35)3-4-33(15)24-16(2)23(22-20(27)9-17(26)10-21(22)30-24)29-18-11-19(13-28-12-18)31-5-7-36-8-6-31/h9-13,15H,3-8,14H2,1-2H3,(H,29,30)(H,34,35). The van der Waals surface area contributed by atoms with Gasteiger partial charge in [0.2, 0.25) is 0 Å². The number of anilines is 4. The van der Waals surface area contributed by atoms with Gasteiger partial charge in [0, 0.05) is 56.5 Å². The smallest absolute Gasteiger partial charge is 0.407 e. The van der Waals surface area contributed by atoms with Crippen LogP contribution in [0.15, 0.2) is 30.6 Å². The molecule has 2 aromatic heterocycles. The number of nitrogens with one attached hydrogen (secondary N) is 1. The van der Waals surface area contributed by atoms with Crippen molar-refractivity contribution in [1.29, 1.82) is 0 Å². The molecular formula is C25H28F2N6O3. The van der Waals surface area contributed by atoms with Gasteiger partial charge in [-0.2, -0.15) is 0 Å². The number of morpholine rings is 1. The van der Waals surface area contributed by atoms with Crippen LogP contribution in [0.5, 0.6) is 0 Å². The number of ether oxygens (including phenoxy) is 1. The lowest BCUT2D eigenvalue weighted by molar-refractivity contribution is 0.122. The van der Waals surface area contributed by atoms with Crippen molar-refractivity contribution in [2.24, 2.45) is 0 Å². The van der Waals surface area contributed by atoms with Gasteiger partial charge in [0.05, 0.1) is 53.6 Å². The number of piperazine rings is 1. The van der Waals surface area contributed by atoms with Crippen LogP contribution in [-0.2, 0) is 4.74 Å². The van der Waals surface area contributed by atoms with Gasteiger partial charge in [-0.1, -0.05) is 0 Å². The molecule has 2 N–H and O–H groups in total. The molecule has 2 fully saturated rings. The molecule has 1 amide bonds. The van der Waals surface area contributed by atoms with Gasteiger partial charge in [-0.05, 0) is 19.9 Å². The molecule has 3 aromatic rings. The Kier molecular flexibility index (Phi) is 6.48. The summed E-state index contributed by atoms with van der Waals surface area (Å²) in [5.74, 6) is -0.867. The number of carboxylic acid groups (broad SMARTS) is 1. The topological polar surface area (TPSA) is 94.1 Å². The van der Waals surface area contributed by atoms with Crippen LogP contribution < -0.4 is 15.1 Å². The van der Waals surface area contributed by atoms with E-state index in [0.29, 0.717) is 55.6 Å². The Morgan fingerprint density at radius 1 is 1.14 bits per heavy atom. The summed E-state index contributed by atoms with van der Waals surface area (Å²) in [7, 11) is 0. The average Bonchev–Trinajstić information content (AvgIpc) is 2.86. The number of aromatic nitrogens is 2. The fourth-order valence-corrected chi connectivity index (χ4v) is 4.91. The minimum Gasteiger partial charge on any atom is -0.465 e. The van der Waals surface area contributed by atoms with Crippen molar-refractivity contribution in [2.45, 2.75) is 19.9 Å². The summed E-state index contributed by atoms with van der Waals surface area (Å²) in [6.45, 7) is 7.56. The number of fused-ring (bicyclic) bond motifs is 1. The maximum absolute atomic E-state index is 15.1. The molecule has 0 bridgehead atoms. The lowest BCUT2D eigenvalue weighted by Crippen LogP contribution is -2.53. The van der Waals surface area contributed by atoms with E-state index in [0.717, 1.165) is 24.8 Å². The largest absolute Gasteiger partial charge is 0.465 e. The van der Waals surface area contributed by atoms with Crippen molar-refractivity contribution < 1.29 is 23.4 Å². The lowest BCUT2D eigenvalue weighted by Gasteiger charge is -2.40. The van der Waals surface area contributed by atoms with Crippen molar-refractivity contribution in [2.75, 3.05) is 61.1 Å². The fourth-order valence-electron chi connectivity index (χ4n) is 4.91. The number of amides is 1. The van der Waals surface area contributed by atoms with Gasteiger partial charge >= 0.3 is 6.09 Å². The van der Waals surface area contributed by atoms with Crippen LogP contribution in [0.3, 0.4) is 0 Å². The van der Waals surface area contributed by atoms with Crippen LogP contribution in [0.2, 0.25) is 0 Å². The molecule has 5 rings (SSSR count). The molecule has 2 aliphatic heterocycles. The van der Waals surface area contributed by atoms with Gasteiger partial charge in [0.1, 0.15) is 17.5 Å².